The first kappa shape index (κ1) is 15.7. The third-order valence-electron chi connectivity index (χ3n) is 2.71. The van der Waals surface area contributed by atoms with Gasteiger partial charge in [-0.3, -0.25) is 4.98 Å². The van der Waals surface area contributed by atoms with E-state index in [1.165, 1.54) is 12.4 Å². The number of halogens is 3. The van der Waals surface area contributed by atoms with Crippen LogP contribution in [0.4, 0.5) is 30.8 Å². The van der Waals surface area contributed by atoms with Gasteiger partial charge in [0, 0.05) is 32.7 Å². The highest BCUT2D eigenvalue weighted by atomic mass is 19.4. The number of aromatic nitrogens is 4. The number of hydrogen-bond acceptors (Lipinski definition) is 7. The van der Waals surface area contributed by atoms with Gasteiger partial charge in [0.25, 0.3) is 0 Å². The fourth-order valence-corrected chi connectivity index (χ4v) is 1.76. The molecule has 2 aromatic rings. The second kappa shape index (κ2) is 6.00. The molecule has 0 saturated heterocycles. The van der Waals surface area contributed by atoms with Crippen LogP contribution in [-0.4, -0.2) is 34.0 Å². The molecule has 3 N–H and O–H groups in total. The molecule has 0 unspecified atom stereocenters. The third kappa shape index (κ3) is 3.51. The van der Waals surface area contributed by atoms with E-state index in [-0.39, 0.29) is 12.5 Å². The molecule has 22 heavy (non-hydrogen) atoms. The van der Waals surface area contributed by atoms with Crippen LogP contribution < -0.4 is 16.0 Å². The summed E-state index contributed by atoms with van der Waals surface area (Å²) in [6.07, 6.45) is -0.970. The van der Waals surface area contributed by atoms with Gasteiger partial charge in [0.05, 0.1) is 6.54 Å². The number of anilines is 3. The fourth-order valence-electron chi connectivity index (χ4n) is 1.76. The molecule has 2 rings (SSSR count). The lowest BCUT2D eigenvalue weighted by Gasteiger charge is -2.17. The minimum Gasteiger partial charge on any atom is -0.368 e. The lowest BCUT2D eigenvalue weighted by molar-refractivity contribution is -0.137. The molecular weight excluding hydrogens is 299 g/mol. The van der Waals surface area contributed by atoms with Crippen molar-refractivity contribution in [3.05, 3.63) is 29.8 Å². The first-order valence-electron chi connectivity index (χ1n) is 6.20. The van der Waals surface area contributed by atoms with Crippen LogP contribution in [0, 0.1) is 0 Å². The fraction of sp³-hybridized carbons (Fsp3) is 0.333. The molecule has 0 amide bonds. The largest absolute Gasteiger partial charge is 0.421 e. The maximum atomic E-state index is 12.9. The van der Waals surface area contributed by atoms with Crippen LogP contribution in [-0.2, 0) is 12.7 Å². The second-order valence-corrected chi connectivity index (χ2v) is 4.56. The summed E-state index contributed by atoms with van der Waals surface area (Å²) in [6.45, 7) is 0.0148. The number of nitrogen functional groups attached to an aromatic ring is 1. The van der Waals surface area contributed by atoms with Gasteiger partial charge in [-0.2, -0.15) is 18.2 Å². The zero-order chi connectivity index (χ0) is 16.3. The quantitative estimate of drug-likeness (QED) is 0.884. The predicted molar refractivity (Wildman–Crippen MR) is 75.1 cm³/mol. The Hall–Kier alpha value is -2.65. The summed E-state index contributed by atoms with van der Waals surface area (Å²) in [7, 11) is 3.52. The number of alkyl halides is 3. The van der Waals surface area contributed by atoms with E-state index in [0.29, 0.717) is 17.7 Å². The molecule has 118 valence electrons. The van der Waals surface area contributed by atoms with E-state index in [2.05, 4.69) is 25.3 Å². The summed E-state index contributed by atoms with van der Waals surface area (Å²) in [5.74, 6) is -0.0941. The van der Waals surface area contributed by atoms with Crippen LogP contribution in [0.15, 0.2) is 18.6 Å². The predicted octanol–water partition coefficient (Wildman–Crippen LogP) is 1.55. The molecule has 2 aromatic heterocycles. The number of rotatable bonds is 4. The van der Waals surface area contributed by atoms with Crippen LogP contribution in [0.25, 0.3) is 0 Å². The monoisotopic (exact) mass is 313 g/mol. The number of nitrogens with one attached hydrogen (secondary N) is 1. The zero-order valence-electron chi connectivity index (χ0n) is 11.9. The molecule has 0 atom stereocenters. The van der Waals surface area contributed by atoms with Crippen molar-refractivity contribution in [1.82, 2.24) is 19.9 Å². The van der Waals surface area contributed by atoms with E-state index in [1.807, 2.05) is 0 Å². The van der Waals surface area contributed by atoms with Crippen molar-refractivity contribution in [3.63, 3.8) is 0 Å². The van der Waals surface area contributed by atoms with E-state index in [1.54, 1.807) is 19.0 Å². The van der Waals surface area contributed by atoms with E-state index < -0.39 is 17.6 Å². The summed E-state index contributed by atoms with van der Waals surface area (Å²) in [6, 6.07) is 0. The van der Waals surface area contributed by atoms with Gasteiger partial charge < -0.3 is 16.0 Å². The molecule has 0 aromatic carbocycles. The molecule has 10 heteroatoms. The smallest absolute Gasteiger partial charge is 0.368 e. The Labute approximate surface area is 124 Å². The number of nitrogens with two attached hydrogens (primary N) is 1. The van der Waals surface area contributed by atoms with Crippen LogP contribution in [0.3, 0.4) is 0 Å². The Morgan fingerprint density at radius 3 is 2.50 bits per heavy atom. The van der Waals surface area contributed by atoms with Crippen molar-refractivity contribution >= 4 is 17.6 Å². The summed E-state index contributed by atoms with van der Waals surface area (Å²) >= 11 is 0. The van der Waals surface area contributed by atoms with Crippen LogP contribution in [0.1, 0.15) is 11.3 Å². The average Bonchev–Trinajstić information content (AvgIpc) is 2.44. The minimum atomic E-state index is -4.58. The van der Waals surface area contributed by atoms with Gasteiger partial charge in [-0.25, -0.2) is 9.97 Å². The van der Waals surface area contributed by atoms with Gasteiger partial charge in [-0.05, 0) is 0 Å². The van der Waals surface area contributed by atoms with Crippen molar-refractivity contribution in [3.8, 4) is 0 Å². The van der Waals surface area contributed by atoms with Gasteiger partial charge in [0.15, 0.2) is 5.82 Å². The van der Waals surface area contributed by atoms with E-state index in [4.69, 9.17) is 5.73 Å². The van der Waals surface area contributed by atoms with Crippen molar-refractivity contribution in [2.45, 2.75) is 12.7 Å². The molecule has 0 aliphatic carbocycles. The average molecular weight is 313 g/mol. The summed E-state index contributed by atoms with van der Waals surface area (Å²) in [5.41, 5.74) is 4.85. The molecule has 0 aliphatic rings. The SMILES string of the molecule is CN(C)c1nccnc1CNc1nc(N)ncc1C(F)(F)F. The van der Waals surface area contributed by atoms with Crippen molar-refractivity contribution in [1.29, 1.82) is 0 Å². The van der Waals surface area contributed by atoms with Gasteiger partial charge in [0.2, 0.25) is 5.95 Å². The lowest BCUT2D eigenvalue weighted by Crippen LogP contribution is -2.18. The molecule has 2 heterocycles. The molecule has 0 spiro atoms. The maximum Gasteiger partial charge on any atom is 0.421 e. The van der Waals surface area contributed by atoms with Crippen LogP contribution >= 0.6 is 0 Å². The van der Waals surface area contributed by atoms with Gasteiger partial charge in [0.1, 0.15) is 17.1 Å². The molecule has 0 fully saturated rings. The van der Waals surface area contributed by atoms with Gasteiger partial charge in [-0.1, -0.05) is 0 Å². The standard InChI is InChI=1S/C12H14F3N7/c1-22(2)10-8(17-3-4-18-10)6-19-9-7(12(13,14)15)5-20-11(16)21-9/h3-5H,6H2,1-2H3,(H3,16,19,20,21). The second-order valence-electron chi connectivity index (χ2n) is 4.56. The van der Waals surface area contributed by atoms with Crippen LogP contribution in [0.5, 0.6) is 0 Å². The highest BCUT2D eigenvalue weighted by molar-refractivity contribution is 5.49. The van der Waals surface area contributed by atoms with E-state index in [9.17, 15) is 13.2 Å². The highest BCUT2D eigenvalue weighted by Gasteiger charge is 2.35. The Bertz CT molecular complexity index is 657. The molecule has 0 bridgehead atoms. The molecule has 0 radical (unpaired) electrons. The third-order valence-corrected chi connectivity index (χ3v) is 2.71. The maximum absolute atomic E-state index is 12.9. The summed E-state index contributed by atoms with van der Waals surface area (Å²) in [4.78, 5) is 16.9. The molecule has 0 aliphatic heterocycles. The zero-order valence-corrected chi connectivity index (χ0v) is 11.9. The number of nitrogens with zero attached hydrogens (tertiary/aromatic N) is 5. The van der Waals surface area contributed by atoms with Crippen molar-refractivity contribution < 1.29 is 13.2 Å². The highest BCUT2D eigenvalue weighted by Crippen LogP contribution is 2.33. The molecule has 7 nitrogen and oxygen atoms in total. The number of hydrogen-bond donors (Lipinski definition) is 2. The van der Waals surface area contributed by atoms with E-state index in [0.717, 1.165) is 0 Å². The molecular formula is C12H14F3N7. The van der Waals surface area contributed by atoms with Gasteiger partial charge in [-0.15, -0.1) is 0 Å². The summed E-state index contributed by atoms with van der Waals surface area (Å²) in [5, 5.41) is 2.59. The first-order valence-corrected chi connectivity index (χ1v) is 6.20. The van der Waals surface area contributed by atoms with Crippen molar-refractivity contribution in [2.24, 2.45) is 0 Å². The van der Waals surface area contributed by atoms with Crippen LogP contribution in [0.2, 0.25) is 0 Å². The Morgan fingerprint density at radius 1 is 1.18 bits per heavy atom. The Morgan fingerprint density at radius 2 is 1.86 bits per heavy atom. The minimum absolute atomic E-state index is 0.0148. The lowest BCUT2D eigenvalue weighted by atomic mass is 10.3. The Balaban J connectivity index is 2.28. The first-order chi connectivity index (χ1) is 10.3. The van der Waals surface area contributed by atoms with E-state index >= 15 is 0 Å². The molecule has 0 saturated carbocycles. The normalized spacial score (nSPS) is 11.3. The topological polar surface area (TPSA) is 92.9 Å². The summed E-state index contributed by atoms with van der Waals surface area (Å²) < 4.78 is 38.7. The van der Waals surface area contributed by atoms with Crippen molar-refractivity contribution in [2.75, 3.05) is 30.0 Å². The Kier molecular flexibility index (Phi) is 4.29. The van der Waals surface area contributed by atoms with Gasteiger partial charge >= 0.3 is 6.18 Å².